The quantitative estimate of drug-likeness (QED) is 0.701. The molecule has 1 aliphatic rings. The first-order valence-electron chi connectivity index (χ1n) is 3.99. The standard InChI is InChI=1S/C8H9N3O2/c12-7(13)11-8(1-2-8)6-3-9-5-10-4-6/h3-5,11H,1-2H2,(H,12,13). The van der Waals surface area contributed by atoms with E-state index >= 15 is 0 Å². The van der Waals surface area contributed by atoms with E-state index in [1.165, 1.54) is 6.33 Å². The van der Waals surface area contributed by atoms with Crippen LogP contribution in [0.2, 0.25) is 0 Å². The third-order valence-corrected chi connectivity index (χ3v) is 2.21. The Morgan fingerprint density at radius 2 is 2.08 bits per heavy atom. The van der Waals surface area contributed by atoms with Gasteiger partial charge in [-0.3, -0.25) is 0 Å². The molecular weight excluding hydrogens is 170 g/mol. The fourth-order valence-electron chi connectivity index (χ4n) is 1.36. The molecule has 0 spiro atoms. The fraction of sp³-hybridized carbons (Fsp3) is 0.375. The Morgan fingerprint density at radius 3 is 2.54 bits per heavy atom. The maximum absolute atomic E-state index is 10.5. The van der Waals surface area contributed by atoms with Gasteiger partial charge < -0.3 is 10.4 Å². The molecule has 5 heteroatoms. The van der Waals surface area contributed by atoms with Crippen LogP contribution in [0.4, 0.5) is 4.79 Å². The van der Waals surface area contributed by atoms with E-state index in [4.69, 9.17) is 5.11 Å². The second-order valence-electron chi connectivity index (χ2n) is 3.14. The fourth-order valence-corrected chi connectivity index (χ4v) is 1.36. The summed E-state index contributed by atoms with van der Waals surface area (Å²) in [5, 5.41) is 11.1. The predicted molar refractivity (Wildman–Crippen MR) is 44.1 cm³/mol. The predicted octanol–water partition coefficient (Wildman–Crippen LogP) is 0.733. The highest BCUT2D eigenvalue weighted by Crippen LogP contribution is 2.44. The first kappa shape index (κ1) is 7.97. The third-order valence-electron chi connectivity index (χ3n) is 2.21. The smallest absolute Gasteiger partial charge is 0.405 e. The van der Waals surface area contributed by atoms with E-state index < -0.39 is 11.6 Å². The van der Waals surface area contributed by atoms with Gasteiger partial charge in [0.1, 0.15) is 6.33 Å². The van der Waals surface area contributed by atoms with Crippen LogP contribution in [0.3, 0.4) is 0 Å². The van der Waals surface area contributed by atoms with E-state index in [1.54, 1.807) is 12.4 Å². The van der Waals surface area contributed by atoms with Gasteiger partial charge in [-0.15, -0.1) is 0 Å². The maximum atomic E-state index is 10.5. The number of carboxylic acid groups (broad SMARTS) is 1. The molecule has 2 N–H and O–H groups in total. The highest BCUT2D eigenvalue weighted by molar-refractivity contribution is 5.67. The molecule has 0 bridgehead atoms. The minimum atomic E-state index is -0.999. The van der Waals surface area contributed by atoms with Crippen LogP contribution in [-0.2, 0) is 5.54 Å². The van der Waals surface area contributed by atoms with Crippen LogP contribution in [0.25, 0.3) is 0 Å². The number of nitrogens with zero attached hydrogens (tertiary/aromatic N) is 2. The Hall–Kier alpha value is -1.65. The van der Waals surface area contributed by atoms with Crippen LogP contribution in [0.1, 0.15) is 18.4 Å². The summed E-state index contributed by atoms with van der Waals surface area (Å²) in [5.41, 5.74) is 0.435. The molecule has 1 aromatic heterocycles. The molecule has 2 rings (SSSR count). The van der Waals surface area contributed by atoms with Crippen molar-refractivity contribution in [3.8, 4) is 0 Å². The van der Waals surface area contributed by atoms with Crippen molar-refractivity contribution in [3.05, 3.63) is 24.3 Å². The largest absolute Gasteiger partial charge is 0.465 e. The van der Waals surface area contributed by atoms with Crippen LogP contribution >= 0.6 is 0 Å². The second kappa shape index (κ2) is 2.69. The lowest BCUT2D eigenvalue weighted by Gasteiger charge is -2.13. The molecule has 68 valence electrons. The lowest BCUT2D eigenvalue weighted by molar-refractivity contribution is 0.188. The molecule has 13 heavy (non-hydrogen) atoms. The Kier molecular flexibility index (Phi) is 1.65. The van der Waals surface area contributed by atoms with Crippen molar-refractivity contribution in [3.63, 3.8) is 0 Å². The summed E-state index contributed by atoms with van der Waals surface area (Å²) in [7, 11) is 0. The molecule has 0 aliphatic heterocycles. The SMILES string of the molecule is O=C(O)NC1(c2cncnc2)CC1. The van der Waals surface area contributed by atoms with Crippen molar-refractivity contribution in [1.29, 1.82) is 0 Å². The molecule has 1 heterocycles. The van der Waals surface area contributed by atoms with Gasteiger partial charge in [0, 0.05) is 18.0 Å². The zero-order valence-corrected chi connectivity index (χ0v) is 6.90. The zero-order chi connectivity index (χ0) is 9.31. The number of hydrogen-bond donors (Lipinski definition) is 2. The molecule has 1 aromatic rings. The van der Waals surface area contributed by atoms with Crippen molar-refractivity contribution in [2.75, 3.05) is 0 Å². The van der Waals surface area contributed by atoms with E-state index in [0.717, 1.165) is 18.4 Å². The number of carbonyl (C=O) groups is 1. The molecule has 0 aromatic carbocycles. The maximum Gasteiger partial charge on any atom is 0.405 e. The van der Waals surface area contributed by atoms with Gasteiger partial charge in [-0.2, -0.15) is 0 Å². The summed E-state index contributed by atoms with van der Waals surface area (Å²) < 4.78 is 0. The van der Waals surface area contributed by atoms with Crippen molar-refractivity contribution in [1.82, 2.24) is 15.3 Å². The second-order valence-corrected chi connectivity index (χ2v) is 3.14. The average Bonchev–Trinajstić information content (AvgIpc) is 2.86. The summed E-state index contributed by atoms with van der Waals surface area (Å²) >= 11 is 0. The van der Waals surface area contributed by atoms with Gasteiger partial charge >= 0.3 is 6.09 Å². The Morgan fingerprint density at radius 1 is 1.46 bits per heavy atom. The molecule has 0 radical (unpaired) electrons. The number of hydrogen-bond acceptors (Lipinski definition) is 3. The molecule has 1 fully saturated rings. The van der Waals surface area contributed by atoms with Crippen molar-refractivity contribution < 1.29 is 9.90 Å². The Labute approximate surface area is 74.8 Å². The summed E-state index contributed by atoms with van der Waals surface area (Å²) in [4.78, 5) is 18.2. The molecule has 0 saturated heterocycles. The van der Waals surface area contributed by atoms with Crippen LogP contribution in [0, 0.1) is 0 Å². The highest BCUT2D eigenvalue weighted by atomic mass is 16.4. The minimum absolute atomic E-state index is 0.410. The average molecular weight is 179 g/mol. The van der Waals surface area contributed by atoms with E-state index in [2.05, 4.69) is 15.3 Å². The zero-order valence-electron chi connectivity index (χ0n) is 6.90. The van der Waals surface area contributed by atoms with Crippen LogP contribution in [-0.4, -0.2) is 21.2 Å². The van der Waals surface area contributed by atoms with Crippen molar-refractivity contribution >= 4 is 6.09 Å². The van der Waals surface area contributed by atoms with E-state index in [9.17, 15) is 4.79 Å². The molecule has 5 nitrogen and oxygen atoms in total. The Bertz CT molecular complexity index is 321. The topological polar surface area (TPSA) is 75.1 Å². The molecule has 1 saturated carbocycles. The van der Waals surface area contributed by atoms with Gasteiger partial charge in [0.15, 0.2) is 0 Å². The molecular formula is C8H9N3O2. The highest BCUT2D eigenvalue weighted by Gasteiger charge is 2.46. The third kappa shape index (κ3) is 1.44. The van der Waals surface area contributed by atoms with E-state index in [0.29, 0.717) is 0 Å². The van der Waals surface area contributed by atoms with Crippen molar-refractivity contribution in [2.24, 2.45) is 0 Å². The summed E-state index contributed by atoms with van der Waals surface area (Å²) in [6.07, 6.45) is 5.38. The number of aromatic nitrogens is 2. The van der Waals surface area contributed by atoms with Crippen molar-refractivity contribution in [2.45, 2.75) is 18.4 Å². The van der Waals surface area contributed by atoms with Gasteiger partial charge in [0.05, 0.1) is 5.54 Å². The molecule has 1 amide bonds. The van der Waals surface area contributed by atoms with Crippen LogP contribution < -0.4 is 5.32 Å². The van der Waals surface area contributed by atoms with E-state index in [1.807, 2.05) is 0 Å². The monoisotopic (exact) mass is 179 g/mol. The summed E-state index contributed by atoms with van der Waals surface area (Å²) in [5.74, 6) is 0. The lowest BCUT2D eigenvalue weighted by atomic mass is 10.1. The number of rotatable bonds is 2. The number of nitrogens with one attached hydrogen (secondary N) is 1. The molecule has 1 aliphatic carbocycles. The molecule has 0 unspecified atom stereocenters. The Balaban J connectivity index is 2.21. The number of amides is 1. The van der Waals surface area contributed by atoms with Gasteiger partial charge in [-0.05, 0) is 12.8 Å². The van der Waals surface area contributed by atoms with Gasteiger partial charge in [-0.1, -0.05) is 0 Å². The van der Waals surface area contributed by atoms with E-state index in [-0.39, 0.29) is 0 Å². The van der Waals surface area contributed by atoms with Crippen LogP contribution in [0.15, 0.2) is 18.7 Å². The summed E-state index contributed by atoms with van der Waals surface area (Å²) in [6, 6.07) is 0. The lowest BCUT2D eigenvalue weighted by Crippen LogP contribution is -2.33. The first-order valence-corrected chi connectivity index (χ1v) is 3.99. The first-order chi connectivity index (χ1) is 6.23. The van der Waals surface area contributed by atoms with Crippen LogP contribution in [0.5, 0.6) is 0 Å². The summed E-state index contributed by atoms with van der Waals surface area (Å²) in [6.45, 7) is 0. The normalized spacial score (nSPS) is 17.8. The molecule has 0 atom stereocenters. The van der Waals surface area contributed by atoms with Gasteiger partial charge in [0.2, 0.25) is 0 Å². The van der Waals surface area contributed by atoms with Gasteiger partial charge in [0.25, 0.3) is 0 Å². The van der Waals surface area contributed by atoms with Gasteiger partial charge in [-0.25, -0.2) is 14.8 Å². The minimum Gasteiger partial charge on any atom is -0.465 e.